The van der Waals surface area contributed by atoms with Gasteiger partial charge in [-0.3, -0.25) is 9.59 Å². The summed E-state index contributed by atoms with van der Waals surface area (Å²) in [4.78, 5) is 27.0. The molecule has 0 radical (unpaired) electrons. The number of ether oxygens (including phenoxy) is 2. The minimum atomic E-state index is -0.651. The van der Waals surface area contributed by atoms with E-state index < -0.39 is 5.92 Å². The van der Waals surface area contributed by atoms with Crippen LogP contribution in [0.1, 0.15) is 19.8 Å². The summed E-state index contributed by atoms with van der Waals surface area (Å²) in [6, 6.07) is 18.5. The maximum Gasteiger partial charge on any atom is 0.251 e. The fourth-order valence-corrected chi connectivity index (χ4v) is 4.52. The maximum atomic E-state index is 13.9. The van der Waals surface area contributed by atoms with E-state index in [0.29, 0.717) is 29.3 Å². The van der Waals surface area contributed by atoms with Crippen molar-refractivity contribution in [3.8, 4) is 0 Å². The molecule has 3 atom stereocenters. The van der Waals surface area contributed by atoms with Gasteiger partial charge in [0.25, 0.3) is 5.91 Å². The molecule has 4 rings (SSSR count). The van der Waals surface area contributed by atoms with Crippen LogP contribution >= 0.6 is 0 Å². The van der Waals surface area contributed by atoms with E-state index in [1.165, 1.54) is 5.01 Å². The van der Waals surface area contributed by atoms with Crippen LogP contribution < -0.4 is 10.3 Å². The van der Waals surface area contributed by atoms with Gasteiger partial charge < -0.3 is 14.8 Å². The van der Waals surface area contributed by atoms with E-state index in [9.17, 15) is 9.59 Å². The average molecular weight is 460 g/mol. The maximum absolute atomic E-state index is 13.9. The van der Waals surface area contributed by atoms with Gasteiger partial charge in [0.2, 0.25) is 5.91 Å². The van der Waals surface area contributed by atoms with Crippen molar-refractivity contribution in [2.24, 2.45) is 22.9 Å². The van der Waals surface area contributed by atoms with Crippen molar-refractivity contribution in [2.45, 2.75) is 19.8 Å². The zero-order valence-corrected chi connectivity index (χ0v) is 19.6. The summed E-state index contributed by atoms with van der Waals surface area (Å²) in [5, 5.41) is 9.14. The summed E-state index contributed by atoms with van der Waals surface area (Å²) in [5.41, 5.74) is 2.19. The number of fused-ring (bicyclic) bond motifs is 1. The molecule has 2 amide bonds. The van der Waals surface area contributed by atoms with Gasteiger partial charge in [-0.2, -0.15) is 5.10 Å². The van der Waals surface area contributed by atoms with Gasteiger partial charge in [0.1, 0.15) is 0 Å². The molecule has 0 aromatic heterocycles. The quantitative estimate of drug-likeness (QED) is 0.648. The molecule has 1 aliphatic carbocycles. The zero-order valence-electron chi connectivity index (χ0n) is 19.6. The molecule has 0 saturated heterocycles. The van der Waals surface area contributed by atoms with Crippen molar-refractivity contribution in [1.29, 1.82) is 0 Å². The first kappa shape index (κ1) is 23.3. The highest BCUT2D eigenvalue weighted by atomic mass is 16.5. The molecule has 0 spiro atoms. The smallest absolute Gasteiger partial charge is 0.251 e. The molecule has 34 heavy (non-hydrogen) atoms. The Hall–Kier alpha value is -3.87. The summed E-state index contributed by atoms with van der Waals surface area (Å²) in [6.07, 6.45) is 4.51. The molecule has 1 N–H and O–H groups in total. The average Bonchev–Trinajstić information content (AvgIpc) is 2.98. The van der Waals surface area contributed by atoms with Gasteiger partial charge in [-0.15, -0.1) is 0 Å². The Labute approximate surface area is 199 Å². The second-order valence-electron chi connectivity index (χ2n) is 8.23. The third kappa shape index (κ3) is 4.73. The zero-order chi connectivity index (χ0) is 24.1. The van der Waals surface area contributed by atoms with Gasteiger partial charge in [0.05, 0.1) is 25.8 Å². The molecular weight excluding hydrogens is 430 g/mol. The number of amides is 2. The number of hydrazone groups is 1. The number of para-hydroxylation sites is 2. The number of carbonyl (C=O) groups excluding carboxylic acids is 2. The topological polar surface area (TPSA) is 80.2 Å². The highest BCUT2D eigenvalue weighted by molar-refractivity contribution is 6.04. The highest BCUT2D eigenvalue weighted by Gasteiger charge is 2.43. The van der Waals surface area contributed by atoms with Gasteiger partial charge in [-0.25, -0.2) is 5.01 Å². The Morgan fingerprint density at radius 1 is 0.971 bits per heavy atom. The summed E-state index contributed by atoms with van der Waals surface area (Å²) in [7, 11) is 3.16. The number of benzene rings is 2. The predicted octanol–water partition coefficient (Wildman–Crippen LogP) is 4.75. The standard InChI is InChI=1S/C27H29N3O4/c1-4-23-21-16-25(34-3)24(33-2)15-20(21)22(17-26(31)28-18-11-7-5-8-12-18)27(32)30(29-23)19-13-9-6-10-14-19/h5-16,20-22H,4,17H2,1-3H3,(H,28,31). The minimum absolute atomic E-state index is 0.00833. The molecule has 3 unspecified atom stereocenters. The Kier molecular flexibility index (Phi) is 7.11. The van der Waals surface area contributed by atoms with E-state index in [2.05, 4.69) is 5.32 Å². The lowest BCUT2D eigenvalue weighted by molar-refractivity contribution is -0.127. The van der Waals surface area contributed by atoms with Crippen molar-refractivity contribution in [3.63, 3.8) is 0 Å². The lowest BCUT2D eigenvalue weighted by Crippen LogP contribution is -2.38. The van der Waals surface area contributed by atoms with E-state index in [4.69, 9.17) is 14.6 Å². The molecule has 2 aliphatic rings. The summed E-state index contributed by atoms with van der Waals surface area (Å²) in [6.45, 7) is 2.02. The lowest BCUT2D eigenvalue weighted by Gasteiger charge is -2.31. The van der Waals surface area contributed by atoms with E-state index >= 15 is 0 Å². The van der Waals surface area contributed by atoms with Crippen LogP contribution in [0.4, 0.5) is 11.4 Å². The number of allylic oxidation sites excluding steroid dienone is 2. The van der Waals surface area contributed by atoms with Crippen molar-refractivity contribution in [2.75, 3.05) is 24.5 Å². The molecule has 0 bridgehead atoms. The molecule has 0 saturated carbocycles. The predicted molar refractivity (Wildman–Crippen MR) is 132 cm³/mol. The summed E-state index contributed by atoms with van der Waals surface area (Å²) in [5.74, 6) is -0.478. The summed E-state index contributed by atoms with van der Waals surface area (Å²) < 4.78 is 11.1. The van der Waals surface area contributed by atoms with Crippen LogP contribution in [-0.4, -0.2) is 31.7 Å². The number of nitrogens with one attached hydrogen (secondary N) is 1. The van der Waals surface area contributed by atoms with Gasteiger partial charge >= 0.3 is 0 Å². The monoisotopic (exact) mass is 459 g/mol. The number of rotatable bonds is 7. The van der Waals surface area contributed by atoms with E-state index in [0.717, 1.165) is 5.71 Å². The van der Waals surface area contributed by atoms with Crippen LogP contribution in [0.2, 0.25) is 0 Å². The van der Waals surface area contributed by atoms with Gasteiger partial charge in [0.15, 0.2) is 11.5 Å². The van der Waals surface area contributed by atoms with E-state index in [1.807, 2.05) is 79.7 Å². The number of hydrogen-bond acceptors (Lipinski definition) is 5. The van der Waals surface area contributed by atoms with Crippen LogP contribution in [0.5, 0.6) is 0 Å². The SMILES string of the molecule is CCC1=NN(c2ccccc2)C(=O)C(CC(=O)Nc2ccccc2)C2C=C(OC)C(OC)=CC12. The molecule has 1 aliphatic heterocycles. The van der Waals surface area contributed by atoms with Crippen LogP contribution in [0.15, 0.2) is 89.4 Å². The van der Waals surface area contributed by atoms with Crippen molar-refractivity contribution < 1.29 is 19.1 Å². The van der Waals surface area contributed by atoms with Crippen molar-refractivity contribution >= 4 is 28.9 Å². The Morgan fingerprint density at radius 2 is 1.59 bits per heavy atom. The Morgan fingerprint density at radius 3 is 2.21 bits per heavy atom. The fraction of sp³-hybridized carbons (Fsp3) is 0.296. The summed E-state index contributed by atoms with van der Waals surface area (Å²) >= 11 is 0. The van der Waals surface area contributed by atoms with Crippen LogP contribution in [-0.2, 0) is 19.1 Å². The third-order valence-electron chi connectivity index (χ3n) is 6.20. The molecule has 1 heterocycles. The molecular formula is C27H29N3O4. The number of methoxy groups -OCH3 is 2. The highest BCUT2D eigenvalue weighted by Crippen LogP contribution is 2.40. The third-order valence-corrected chi connectivity index (χ3v) is 6.20. The van der Waals surface area contributed by atoms with Crippen LogP contribution in [0, 0.1) is 17.8 Å². The van der Waals surface area contributed by atoms with Gasteiger partial charge in [-0.1, -0.05) is 43.3 Å². The first-order chi connectivity index (χ1) is 16.5. The van der Waals surface area contributed by atoms with Crippen molar-refractivity contribution in [1.82, 2.24) is 0 Å². The second kappa shape index (κ2) is 10.4. The number of anilines is 2. The molecule has 2 aromatic rings. The molecule has 2 aromatic carbocycles. The lowest BCUT2D eigenvalue weighted by atomic mass is 9.74. The molecule has 7 heteroatoms. The second-order valence-corrected chi connectivity index (χ2v) is 8.23. The molecule has 176 valence electrons. The first-order valence-electron chi connectivity index (χ1n) is 11.4. The molecule has 0 fully saturated rings. The Balaban J connectivity index is 1.75. The first-order valence-corrected chi connectivity index (χ1v) is 11.4. The largest absolute Gasteiger partial charge is 0.493 e. The van der Waals surface area contributed by atoms with E-state index in [1.54, 1.807) is 14.2 Å². The number of carbonyl (C=O) groups is 2. The van der Waals surface area contributed by atoms with Crippen LogP contribution in [0.3, 0.4) is 0 Å². The fourth-order valence-electron chi connectivity index (χ4n) is 4.52. The normalized spacial score (nSPS) is 22.0. The van der Waals surface area contributed by atoms with Crippen LogP contribution in [0.25, 0.3) is 0 Å². The van der Waals surface area contributed by atoms with Gasteiger partial charge in [-0.05, 0) is 42.8 Å². The van der Waals surface area contributed by atoms with Crippen molar-refractivity contribution in [3.05, 3.63) is 84.3 Å². The number of nitrogens with zero attached hydrogens (tertiary/aromatic N) is 2. The number of hydrogen-bond donors (Lipinski definition) is 1. The minimum Gasteiger partial charge on any atom is -0.493 e. The van der Waals surface area contributed by atoms with Gasteiger partial charge in [0, 0.05) is 29.7 Å². The molecule has 7 nitrogen and oxygen atoms in total. The Bertz CT molecular complexity index is 1130. The van der Waals surface area contributed by atoms with E-state index in [-0.39, 0.29) is 30.1 Å².